The molecule has 1 aromatic heterocycles. The molecule has 1 heterocycles. The lowest BCUT2D eigenvalue weighted by Crippen LogP contribution is -2.14. The fraction of sp³-hybridized carbons (Fsp3) is 0.267. The first kappa shape index (κ1) is 15.3. The third kappa shape index (κ3) is 5.43. The summed E-state index contributed by atoms with van der Waals surface area (Å²) in [5, 5.41) is 3.35. The van der Waals surface area contributed by atoms with Crippen LogP contribution in [0.25, 0.3) is 0 Å². The van der Waals surface area contributed by atoms with Gasteiger partial charge in [-0.2, -0.15) is 4.98 Å². The molecule has 0 aliphatic carbocycles. The normalized spacial score (nSPS) is 10.1. The Morgan fingerprint density at radius 2 is 2.10 bits per heavy atom. The Morgan fingerprint density at radius 3 is 2.86 bits per heavy atom. The van der Waals surface area contributed by atoms with Gasteiger partial charge in [0.2, 0.25) is 11.8 Å². The summed E-state index contributed by atoms with van der Waals surface area (Å²) >= 11 is 1.28. The number of ether oxygens (including phenoxy) is 1. The van der Waals surface area contributed by atoms with Gasteiger partial charge in [0, 0.05) is 18.0 Å². The number of benzene rings is 1. The average molecular weight is 303 g/mol. The number of thioether (sulfide) groups is 1. The fourth-order valence-electron chi connectivity index (χ4n) is 1.53. The van der Waals surface area contributed by atoms with Crippen molar-refractivity contribution in [1.82, 2.24) is 9.97 Å². The quantitative estimate of drug-likeness (QED) is 0.629. The third-order valence-corrected chi connectivity index (χ3v) is 3.31. The van der Waals surface area contributed by atoms with Gasteiger partial charge in [-0.1, -0.05) is 36.9 Å². The molecule has 0 saturated carbocycles. The number of carbonyl (C=O) groups excluding carboxylic acids is 1. The highest BCUT2D eigenvalue weighted by atomic mass is 32.2. The lowest BCUT2D eigenvalue weighted by atomic mass is 10.3. The summed E-state index contributed by atoms with van der Waals surface area (Å²) in [5.41, 5.74) is 0.782. The number of carbonyl (C=O) groups is 1. The Hall–Kier alpha value is -2.08. The first-order valence-electron chi connectivity index (χ1n) is 6.71. The molecular formula is C15H17N3O2S. The summed E-state index contributed by atoms with van der Waals surface area (Å²) in [4.78, 5) is 20.2. The van der Waals surface area contributed by atoms with Crippen LogP contribution in [0.3, 0.4) is 0 Å². The summed E-state index contributed by atoms with van der Waals surface area (Å²) in [7, 11) is 0. The molecule has 0 atom stereocenters. The minimum atomic E-state index is -0.0883. The first-order chi connectivity index (χ1) is 10.3. The molecule has 1 amide bonds. The summed E-state index contributed by atoms with van der Waals surface area (Å²) in [6.07, 6.45) is 2.56. The van der Waals surface area contributed by atoms with E-state index in [0.717, 1.165) is 12.1 Å². The van der Waals surface area contributed by atoms with Crippen LogP contribution >= 0.6 is 11.8 Å². The maximum Gasteiger partial charge on any atom is 0.234 e. The van der Waals surface area contributed by atoms with Crippen molar-refractivity contribution in [3.05, 3.63) is 42.6 Å². The number of aromatic nitrogens is 2. The highest BCUT2D eigenvalue weighted by Crippen LogP contribution is 2.16. The van der Waals surface area contributed by atoms with Crippen molar-refractivity contribution < 1.29 is 9.53 Å². The van der Waals surface area contributed by atoms with Gasteiger partial charge < -0.3 is 10.1 Å². The van der Waals surface area contributed by atoms with Gasteiger partial charge in [-0.25, -0.2) is 4.98 Å². The number of rotatable bonds is 7. The van der Waals surface area contributed by atoms with Crippen LogP contribution in [0, 0.1) is 0 Å². The Bertz CT molecular complexity index is 578. The molecule has 1 aromatic carbocycles. The molecule has 1 N–H and O–H groups in total. The van der Waals surface area contributed by atoms with Crippen LogP contribution < -0.4 is 10.1 Å². The highest BCUT2D eigenvalue weighted by molar-refractivity contribution is 7.99. The Morgan fingerprint density at radius 1 is 1.29 bits per heavy atom. The van der Waals surface area contributed by atoms with E-state index in [1.54, 1.807) is 12.3 Å². The van der Waals surface area contributed by atoms with E-state index in [1.165, 1.54) is 11.8 Å². The molecule has 2 aromatic rings. The molecule has 110 valence electrons. The number of anilines is 1. The van der Waals surface area contributed by atoms with Gasteiger partial charge in [0.05, 0.1) is 12.4 Å². The largest absolute Gasteiger partial charge is 0.478 e. The fourth-order valence-corrected chi connectivity index (χ4v) is 2.15. The van der Waals surface area contributed by atoms with Gasteiger partial charge in [-0.15, -0.1) is 0 Å². The van der Waals surface area contributed by atoms with Crippen molar-refractivity contribution in [1.29, 1.82) is 0 Å². The second-order valence-corrected chi connectivity index (χ2v) is 5.17. The van der Waals surface area contributed by atoms with Gasteiger partial charge in [-0.05, 0) is 18.6 Å². The molecule has 2 rings (SSSR count). The summed E-state index contributed by atoms with van der Waals surface area (Å²) < 4.78 is 5.43. The average Bonchev–Trinajstić information content (AvgIpc) is 2.52. The van der Waals surface area contributed by atoms with Crippen molar-refractivity contribution in [2.75, 3.05) is 17.7 Å². The zero-order chi connectivity index (χ0) is 14.9. The standard InChI is InChI=1S/C15H17N3O2S/c1-2-10-20-14-8-9-16-15(18-14)21-11-13(19)17-12-6-4-3-5-7-12/h3-9H,2,10-11H2,1H3,(H,17,19). The zero-order valence-corrected chi connectivity index (χ0v) is 12.6. The molecule has 0 spiro atoms. The van der Waals surface area contributed by atoms with Crippen molar-refractivity contribution in [3.63, 3.8) is 0 Å². The molecule has 0 bridgehead atoms. The van der Waals surface area contributed by atoms with Crippen molar-refractivity contribution in [2.24, 2.45) is 0 Å². The number of hydrogen-bond donors (Lipinski definition) is 1. The minimum absolute atomic E-state index is 0.0883. The maximum absolute atomic E-state index is 11.8. The van der Waals surface area contributed by atoms with Gasteiger partial charge in [0.15, 0.2) is 5.16 Å². The van der Waals surface area contributed by atoms with E-state index in [4.69, 9.17) is 4.74 Å². The van der Waals surface area contributed by atoms with Crippen molar-refractivity contribution >= 4 is 23.4 Å². The van der Waals surface area contributed by atoms with Gasteiger partial charge in [0.25, 0.3) is 0 Å². The van der Waals surface area contributed by atoms with Crippen LogP contribution in [-0.4, -0.2) is 28.2 Å². The van der Waals surface area contributed by atoms with Gasteiger partial charge >= 0.3 is 0 Å². The van der Waals surface area contributed by atoms with Crippen LogP contribution in [0.4, 0.5) is 5.69 Å². The van der Waals surface area contributed by atoms with E-state index >= 15 is 0 Å². The molecule has 0 radical (unpaired) electrons. The second-order valence-electron chi connectivity index (χ2n) is 4.23. The number of para-hydroxylation sites is 1. The van der Waals surface area contributed by atoms with Crippen LogP contribution in [-0.2, 0) is 4.79 Å². The van der Waals surface area contributed by atoms with Crippen molar-refractivity contribution in [2.45, 2.75) is 18.5 Å². The Labute approximate surface area is 128 Å². The van der Waals surface area contributed by atoms with E-state index < -0.39 is 0 Å². The van der Waals surface area contributed by atoms with Crippen LogP contribution in [0.1, 0.15) is 13.3 Å². The smallest absolute Gasteiger partial charge is 0.234 e. The van der Waals surface area contributed by atoms with E-state index in [0.29, 0.717) is 17.6 Å². The maximum atomic E-state index is 11.8. The summed E-state index contributed by atoms with van der Waals surface area (Å²) in [5.74, 6) is 0.707. The van der Waals surface area contributed by atoms with E-state index in [9.17, 15) is 4.79 Å². The SMILES string of the molecule is CCCOc1ccnc(SCC(=O)Nc2ccccc2)n1. The number of nitrogens with one attached hydrogen (secondary N) is 1. The highest BCUT2D eigenvalue weighted by Gasteiger charge is 2.06. The molecule has 5 nitrogen and oxygen atoms in total. The molecule has 0 fully saturated rings. The van der Waals surface area contributed by atoms with E-state index in [1.807, 2.05) is 37.3 Å². The molecule has 21 heavy (non-hydrogen) atoms. The summed E-state index contributed by atoms with van der Waals surface area (Å²) in [6, 6.07) is 11.1. The third-order valence-electron chi connectivity index (χ3n) is 2.45. The minimum Gasteiger partial charge on any atom is -0.478 e. The van der Waals surface area contributed by atoms with Gasteiger partial charge in [0.1, 0.15) is 0 Å². The molecule has 6 heteroatoms. The van der Waals surface area contributed by atoms with E-state index in [-0.39, 0.29) is 11.7 Å². The monoisotopic (exact) mass is 303 g/mol. The van der Waals surface area contributed by atoms with Crippen LogP contribution in [0.2, 0.25) is 0 Å². The molecule has 0 aliphatic heterocycles. The predicted molar refractivity (Wildman–Crippen MR) is 83.6 cm³/mol. The lowest BCUT2D eigenvalue weighted by Gasteiger charge is -2.06. The first-order valence-corrected chi connectivity index (χ1v) is 7.70. The number of hydrogen-bond acceptors (Lipinski definition) is 5. The molecule has 0 unspecified atom stereocenters. The van der Waals surface area contributed by atoms with E-state index in [2.05, 4.69) is 15.3 Å². The predicted octanol–water partition coefficient (Wildman–Crippen LogP) is 3.00. The Kier molecular flexibility index (Phi) is 6.02. The van der Waals surface area contributed by atoms with Gasteiger partial charge in [-0.3, -0.25) is 4.79 Å². The van der Waals surface area contributed by atoms with Crippen LogP contribution in [0.15, 0.2) is 47.8 Å². The second kappa shape index (κ2) is 8.26. The summed E-state index contributed by atoms with van der Waals surface area (Å²) in [6.45, 7) is 2.65. The molecular weight excluding hydrogens is 286 g/mol. The lowest BCUT2D eigenvalue weighted by molar-refractivity contribution is -0.113. The topological polar surface area (TPSA) is 64.1 Å². The number of amides is 1. The van der Waals surface area contributed by atoms with Crippen LogP contribution in [0.5, 0.6) is 5.88 Å². The molecule has 0 aliphatic rings. The Balaban J connectivity index is 1.83. The van der Waals surface area contributed by atoms with Crippen molar-refractivity contribution in [3.8, 4) is 5.88 Å². The number of nitrogens with zero attached hydrogens (tertiary/aromatic N) is 2. The molecule has 0 saturated heterocycles. The zero-order valence-electron chi connectivity index (χ0n) is 11.8.